The molecule has 5 heteroatoms. The van der Waals surface area contributed by atoms with Crippen molar-refractivity contribution in [3.05, 3.63) is 29.8 Å². The standard InChI is InChI=1S/C21H38O4Si/c1-16(13-22)20(17(2)14-25-26(7,8)21(3,4)5)24-15-18-9-11-19(23-6)12-10-18/h9-12,16-17,20,22H,13-15H2,1-8H3. The number of rotatable bonds is 10. The maximum Gasteiger partial charge on any atom is 0.191 e. The first-order valence-corrected chi connectivity index (χ1v) is 12.4. The third-order valence-corrected chi connectivity index (χ3v) is 10.0. The van der Waals surface area contributed by atoms with Gasteiger partial charge in [0, 0.05) is 25.0 Å². The van der Waals surface area contributed by atoms with Crippen LogP contribution in [0, 0.1) is 11.8 Å². The molecule has 1 N–H and O–H groups in total. The molecule has 1 aromatic carbocycles. The highest BCUT2D eigenvalue weighted by molar-refractivity contribution is 6.74. The number of ether oxygens (including phenoxy) is 2. The summed E-state index contributed by atoms with van der Waals surface area (Å²) in [6.07, 6.45) is -0.0492. The van der Waals surface area contributed by atoms with Crippen LogP contribution < -0.4 is 4.74 Å². The number of aliphatic hydroxyl groups is 1. The molecule has 1 rings (SSSR count). The normalized spacial score (nSPS) is 16.2. The Morgan fingerprint density at radius 3 is 2.08 bits per heavy atom. The van der Waals surface area contributed by atoms with E-state index in [4.69, 9.17) is 13.9 Å². The molecule has 0 amide bonds. The maximum atomic E-state index is 9.65. The third kappa shape index (κ3) is 6.69. The number of hydrogen-bond acceptors (Lipinski definition) is 4. The Balaban J connectivity index is 2.70. The molecule has 0 saturated carbocycles. The second kappa shape index (κ2) is 9.88. The molecule has 0 heterocycles. The minimum atomic E-state index is -1.79. The first-order valence-electron chi connectivity index (χ1n) is 9.51. The van der Waals surface area contributed by atoms with E-state index >= 15 is 0 Å². The summed E-state index contributed by atoms with van der Waals surface area (Å²) in [5, 5.41) is 9.84. The molecule has 0 fully saturated rings. The summed E-state index contributed by atoms with van der Waals surface area (Å²) >= 11 is 0. The highest BCUT2D eigenvalue weighted by Crippen LogP contribution is 2.37. The lowest BCUT2D eigenvalue weighted by atomic mass is 9.94. The van der Waals surface area contributed by atoms with Crippen LogP contribution in [-0.2, 0) is 15.8 Å². The zero-order valence-electron chi connectivity index (χ0n) is 17.8. The maximum absolute atomic E-state index is 9.65. The van der Waals surface area contributed by atoms with E-state index in [0.29, 0.717) is 13.2 Å². The van der Waals surface area contributed by atoms with Crippen LogP contribution in [0.1, 0.15) is 40.2 Å². The SMILES string of the molecule is COc1ccc(COC(C(C)CO)C(C)CO[Si](C)(C)C(C)(C)C)cc1. The Bertz CT molecular complexity index is 522. The van der Waals surface area contributed by atoms with Crippen LogP contribution in [0.4, 0.5) is 0 Å². The second-order valence-corrected chi connectivity index (χ2v) is 13.6. The Morgan fingerprint density at radius 2 is 1.62 bits per heavy atom. The number of aliphatic hydroxyl groups excluding tert-OH is 1. The first-order chi connectivity index (χ1) is 12.0. The van der Waals surface area contributed by atoms with Crippen LogP contribution in [0.2, 0.25) is 18.1 Å². The molecule has 0 radical (unpaired) electrons. The monoisotopic (exact) mass is 382 g/mol. The first kappa shape index (κ1) is 23.2. The van der Waals surface area contributed by atoms with Crippen LogP contribution in [0.25, 0.3) is 0 Å². The van der Waals surface area contributed by atoms with Gasteiger partial charge in [-0.3, -0.25) is 0 Å². The summed E-state index contributed by atoms with van der Waals surface area (Å²) in [4.78, 5) is 0. The van der Waals surface area contributed by atoms with Crippen LogP contribution in [0.3, 0.4) is 0 Å². The molecule has 0 aromatic heterocycles. The molecule has 0 aliphatic carbocycles. The van der Waals surface area contributed by atoms with E-state index in [1.807, 2.05) is 31.2 Å². The van der Waals surface area contributed by atoms with E-state index in [-0.39, 0.29) is 29.6 Å². The summed E-state index contributed by atoms with van der Waals surface area (Å²) in [6.45, 7) is 16.7. The van der Waals surface area contributed by atoms with Gasteiger partial charge in [0.1, 0.15) is 5.75 Å². The molecule has 26 heavy (non-hydrogen) atoms. The van der Waals surface area contributed by atoms with Gasteiger partial charge in [-0.15, -0.1) is 0 Å². The predicted octanol–water partition coefficient (Wildman–Crippen LogP) is 4.87. The van der Waals surface area contributed by atoms with E-state index in [9.17, 15) is 5.11 Å². The minimum Gasteiger partial charge on any atom is -0.497 e. The Morgan fingerprint density at radius 1 is 1.04 bits per heavy atom. The molecule has 0 aliphatic heterocycles. The summed E-state index contributed by atoms with van der Waals surface area (Å²) < 4.78 is 17.8. The van der Waals surface area contributed by atoms with Crippen molar-refractivity contribution in [1.29, 1.82) is 0 Å². The van der Waals surface area contributed by atoms with Gasteiger partial charge in [-0.2, -0.15) is 0 Å². The van der Waals surface area contributed by atoms with E-state index in [0.717, 1.165) is 11.3 Å². The van der Waals surface area contributed by atoms with E-state index in [2.05, 4.69) is 40.8 Å². The lowest BCUT2D eigenvalue weighted by molar-refractivity contribution is -0.0521. The highest BCUT2D eigenvalue weighted by atomic mass is 28.4. The largest absolute Gasteiger partial charge is 0.497 e. The highest BCUT2D eigenvalue weighted by Gasteiger charge is 2.38. The van der Waals surface area contributed by atoms with E-state index in [1.54, 1.807) is 7.11 Å². The van der Waals surface area contributed by atoms with Gasteiger partial charge < -0.3 is 19.0 Å². The molecule has 0 aliphatic rings. The fourth-order valence-corrected chi connectivity index (χ4v) is 3.67. The summed E-state index contributed by atoms with van der Waals surface area (Å²) in [6, 6.07) is 7.90. The molecule has 1 aromatic rings. The summed E-state index contributed by atoms with van der Waals surface area (Å²) in [5.41, 5.74) is 1.10. The summed E-state index contributed by atoms with van der Waals surface area (Å²) in [7, 11) is -0.127. The average molecular weight is 383 g/mol. The molecule has 0 saturated heterocycles. The zero-order chi connectivity index (χ0) is 20.0. The Kier molecular flexibility index (Phi) is 8.80. The molecule has 3 atom stereocenters. The topological polar surface area (TPSA) is 47.9 Å². The fourth-order valence-electron chi connectivity index (χ4n) is 2.56. The number of benzene rings is 1. The van der Waals surface area contributed by atoms with Gasteiger partial charge in [-0.25, -0.2) is 0 Å². The van der Waals surface area contributed by atoms with Gasteiger partial charge in [0.05, 0.1) is 19.8 Å². The molecule has 0 spiro atoms. The quantitative estimate of drug-likeness (QED) is 0.587. The molecule has 4 nitrogen and oxygen atoms in total. The van der Waals surface area contributed by atoms with Gasteiger partial charge in [0.25, 0.3) is 0 Å². The number of hydrogen-bond donors (Lipinski definition) is 1. The molecule has 3 unspecified atom stereocenters. The van der Waals surface area contributed by atoms with Gasteiger partial charge in [-0.1, -0.05) is 46.8 Å². The van der Waals surface area contributed by atoms with E-state index in [1.165, 1.54) is 0 Å². The molecular formula is C21H38O4Si. The van der Waals surface area contributed by atoms with Crippen molar-refractivity contribution in [2.45, 2.75) is 65.5 Å². The van der Waals surface area contributed by atoms with Crippen molar-refractivity contribution < 1.29 is 19.0 Å². The molecule has 150 valence electrons. The van der Waals surface area contributed by atoms with Crippen molar-refractivity contribution in [3.63, 3.8) is 0 Å². The average Bonchev–Trinajstić information content (AvgIpc) is 2.59. The van der Waals surface area contributed by atoms with Crippen molar-refractivity contribution in [1.82, 2.24) is 0 Å². The lowest BCUT2D eigenvalue weighted by Gasteiger charge is -2.38. The zero-order valence-corrected chi connectivity index (χ0v) is 18.8. The van der Waals surface area contributed by atoms with Gasteiger partial charge in [-0.05, 0) is 35.8 Å². The van der Waals surface area contributed by atoms with Gasteiger partial charge in [0.2, 0.25) is 0 Å². The van der Waals surface area contributed by atoms with Crippen molar-refractivity contribution in [2.75, 3.05) is 20.3 Å². The van der Waals surface area contributed by atoms with Crippen molar-refractivity contribution in [3.8, 4) is 5.75 Å². The van der Waals surface area contributed by atoms with Gasteiger partial charge >= 0.3 is 0 Å². The molecule has 0 bridgehead atoms. The van der Waals surface area contributed by atoms with Crippen LogP contribution in [0.5, 0.6) is 5.75 Å². The van der Waals surface area contributed by atoms with Crippen LogP contribution in [-0.4, -0.2) is 39.9 Å². The smallest absolute Gasteiger partial charge is 0.191 e. The predicted molar refractivity (Wildman–Crippen MR) is 110 cm³/mol. The van der Waals surface area contributed by atoms with Crippen molar-refractivity contribution >= 4 is 8.32 Å². The number of methoxy groups -OCH3 is 1. The van der Waals surface area contributed by atoms with E-state index < -0.39 is 8.32 Å². The molecular weight excluding hydrogens is 344 g/mol. The fraction of sp³-hybridized carbons (Fsp3) is 0.714. The minimum absolute atomic E-state index is 0.0492. The Labute approximate surface area is 161 Å². The Hall–Kier alpha value is -0.883. The van der Waals surface area contributed by atoms with Crippen LogP contribution >= 0.6 is 0 Å². The lowest BCUT2D eigenvalue weighted by Crippen LogP contribution is -2.43. The second-order valence-electron chi connectivity index (χ2n) is 8.83. The van der Waals surface area contributed by atoms with Gasteiger partial charge in [0.15, 0.2) is 8.32 Å². The third-order valence-electron chi connectivity index (χ3n) is 5.52. The summed E-state index contributed by atoms with van der Waals surface area (Å²) in [5.74, 6) is 1.11. The van der Waals surface area contributed by atoms with Crippen LogP contribution in [0.15, 0.2) is 24.3 Å². The van der Waals surface area contributed by atoms with Crippen molar-refractivity contribution in [2.24, 2.45) is 11.8 Å².